The molecule has 104 valence electrons. The molecule has 0 aromatic heterocycles. The van der Waals surface area contributed by atoms with Crippen molar-refractivity contribution in [1.82, 2.24) is 10.2 Å². The Labute approximate surface area is 113 Å². The van der Waals surface area contributed by atoms with E-state index in [1.165, 1.54) is 7.11 Å². The van der Waals surface area contributed by atoms with Crippen molar-refractivity contribution in [2.75, 3.05) is 26.7 Å². The van der Waals surface area contributed by atoms with Crippen LogP contribution < -0.4 is 10.1 Å². The van der Waals surface area contributed by atoms with Gasteiger partial charge >= 0.3 is 0 Å². The van der Waals surface area contributed by atoms with Crippen molar-refractivity contribution in [3.63, 3.8) is 0 Å². The van der Waals surface area contributed by atoms with Crippen LogP contribution in [0.4, 0.5) is 0 Å². The Morgan fingerprint density at radius 3 is 2.79 bits per heavy atom. The lowest BCUT2D eigenvalue weighted by Crippen LogP contribution is -2.59. The van der Waals surface area contributed by atoms with Crippen molar-refractivity contribution in [3.8, 4) is 11.5 Å². The van der Waals surface area contributed by atoms with E-state index in [0.717, 1.165) is 19.5 Å². The van der Waals surface area contributed by atoms with Gasteiger partial charge in [0.2, 0.25) is 0 Å². The summed E-state index contributed by atoms with van der Waals surface area (Å²) in [5.74, 6) is 0.113. The van der Waals surface area contributed by atoms with Crippen molar-refractivity contribution in [2.45, 2.75) is 19.4 Å². The highest BCUT2D eigenvalue weighted by Gasteiger charge is 2.30. The van der Waals surface area contributed by atoms with Crippen LogP contribution in [0.25, 0.3) is 0 Å². The summed E-state index contributed by atoms with van der Waals surface area (Å²) in [6.45, 7) is 4.37. The second-order valence-corrected chi connectivity index (χ2v) is 4.67. The predicted molar refractivity (Wildman–Crippen MR) is 72.6 cm³/mol. The zero-order valence-corrected chi connectivity index (χ0v) is 11.3. The van der Waals surface area contributed by atoms with Crippen LogP contribution in [0.3, 0.4) is 0 Å². The molecule has 1 fully saturated rings. The van der Waals surface area contributed by atoms with Crippen LogP contribution in [0.1, 0.15) is 23.7 Å². The summed E-state index contributed by atoms with van der Waals surface area (Å²) in [5, 5.41) is 13.2. The van der Waals surface area contributed by atoms with E-state index in [1.807, 2.05) is 11.8 Å². The normalized spacial score (nSPS) is 14.8. The SMILES string of the molecule is CCCN(C(=O)c1cccc(OC)c1O)C1CNC1. The van der Waals surface area contributed by atoms with Crippen molar-refractivity contribution >= 4 is 5.91 Å². The van der Waals surface area contributed by atoms with Crippen LogP contribution in [0.5, 0.6) is 11.5 Å². The number of nitrogens with one attached hydrogen (secondary N) is 1. The molecule has 0 spiro atoms. The van der Waals surface area contributed by atoms with Gasteiger partial charge in [-0.1, -0.05) is 13.0 Å². The molecule has 1 saturated heterocycles. The predicted octanol–water partition coefficient (Wildman–Crippen LogP) is 1.22. The monoisotopic (exact) mass is 264 g/mol. The number of carbonyl (C=O) groups excluding carboxylic acids is 1. The third kappa shape index (κ3) is 2.66. The summed E-state index contributed by atoms with van der Waals surface area (Å²) in [7, 11) is 1.48. The minimum absolute atomic E-state index is 0.0802. The number of amides is 1. The molecule has 19 heavy (non-hydrogen) atoms. The number of aromatic hydroxyl groups is 1. The maximum absolute atomic E-state index is 12.5. The number of nitrogens with zero attached hydrogens (tertiary/aromatic N) is 1. The molecule has 0 aliphatic carbocycles. The highest BCUT2D eigenvalue weighted by molar-refractivity contribution is 5.98. The van der Waals surface area contributed by atoms with E-state index in [9.17, 15) is 9.90 Å². The molecule has 0 saturated carbocycles. The molecule has 0 atom stereocenters. The van der Waals surface area contributed by atoms with E-state index in [4.69, 9.17) is 4.74 Å². The number of phenolic OH excluding ortho intramolecular Hbond substituents is 1. The molecule has 5 nitrogen and oxygen atoms in total. The lowest BCUT2D eigenvalue weighted by atomic mass is 10.1. The Morgan fingerprint density at radius 2 is 2.26 bits per heavy atom. The van der Waals surface area contributed by atoms with Crippen LogP contribution in [0.2, 0.25) is 0 Å². The van der Waals surface area contributed by atoms with Crippen LogP contribution >= 0.6 is 0 Å². The zero-order chi connectivity index (χ0) is 13.8. The van der Waals surface area contributed by atoms with E-state index < -0.39 is 0 Å². The molecule has 2 rings (SSSR count). The second-order valence-electron chi connectivity index (χ2n) is 4.67. The highest BCUT2D eigenvalue weighted by Crippen LogP contribution is 2.30. The number of phenols is 1. The Hall–Kier alpha value is -1.75. The number of ether oxygens (including phenoxy) is 1. The average Bonchev–Trinajstić information content (AvgIpc) is 2.35. The van der Waals surface area contributed by atoms with Gasteiger partial charge in [0.1, 0.15) is 0 Å². The van der Waals surface area contributed by atoms with Crippen LogP contribution in [0.15, 0.2) is 18.2 Å². The van der Waals surface area contributed by atoms with Crippen LogP contribution in [-0.4, -0.2) is 48.7 Å². The highest BCUT2D eigenvalue weighted by atomic mass is 16.5. The van der Waals surface area contributed by atoms with Crippen molar-refractivity contribution in [3.05, 3.63) is 23.8 Å². The molecule has 5 heteroatoms. The van der Waals surface area contributed by atoms with E-state index in [0.29, 0.717) is 17.9 Å². The van der Waals surface area contributed by atoms with E-state index in [1.54, 1.807) is 18.2 Å². The zero-order valence-electron chi connectivity index (χ0n) is 11.3. The number of methoxy groups -OCH3 is 1. The third-order valence-corrected chi connectivity index (χ3v) is 3.38. The maximum atomic E-state index is 12.5. The van der Waals surface area contributed by atoms with Crippen LogP contribution in [0, 0.1) is 0 Å². The quantitative estimate of drug-likeness (QED) is 0.839. The van der Waals surface area contributed by atoms with Gasteiger partial charge in [-0.25, -0.2) is 0 Å². The fraction of sp³-hybridized carbons (Fsp3) is 0.500. The van der Waals surface area contributed by atoms with Crippen molar-refractivity contribution in [2.24, 2.45) is 0 Å². The summed E-state index contributed by atoms with van der Waals surface area (Å²) in [4.78, 5) is 14.4. The first-order valence-electron chi connectivity index (χ1n) is 6.56. The molecule has 0 radical (unpaired) electrons. The molecule has 1 aliphatic rings. The standard InChI is InChI=1S/C14H20N2O3/c1-3-7-16(10-8-15-9-10)14(18)11-5-4-6-12(19-2)13(11)17/h4-6,10,15,17H,3,7-9H2,1-2H3. The smallest absolute Gasteiger partial charge is 0.258 e. The number of hydrogen-bond acceptors (Lipinski definition) is 4. The number of carbonyl (C=O) groups is 1. The van der Waals surface area contributed by atoms with Gasteiger partial charge in [-0.15, -0.1) is 0 Å². The molecule has 0 bridgehead atoms. The Morgan fingerprint density at radius 1 is 1.53 bits per heavy atom. The molecule has 1 aliphatic heterocycles. The number of benzene rings is 1. The molecule has 0 unspecified atom stereocenters. The molecule has 2 N–H and O–H groups in total. The topological polar surface area (TPSA) is 61.8 Å². The first kappa shape index (κ1) is 13.7. The van der Waals surface area contributed by atoms with E-state index in [-0.39, 0.29) is 17.7 Å². The Balaban J connectivity index is 2.25. The average molecular weight is 264 g/mol. The maximum Gasteiger partial charge on any atom is 0.258 e. The number of para-hydroxylation sites is 1. The first-order chi connectivity index (χ1) is 9.19. The van der Waals surface area contributed by atoms with E-state index in [2.05, 4.69) is 5.32 Å². The minimum Gasteiger partial charge on any atom is -0.504 e. The molecule has 1 aromatic carbocycles. The van der Waals surface area contributed by atoms with Crippen molar-refractivity contribution in [1.29, 1.82) is 0 Å². The summed E-state index contributed by atoms with van der Waals surface area (Å²) in [5.41, 5.74) is 0.305. The molecule has 1 amide bonds. The van der Waals surface area contributed by atoms with Gasteiger partial charge in [-0.3, -0.25) is 4.79 Å². The molecule has 1 aromatic rings. The molecule has 1 heterocycles. The van der Waals surface area contributed by atoms with Gasteiger partial charge in [-0.2, -0.15) is 0 Å². The van der Waals surface area contributed by atoms with Gasteiger partial charge in [0.15, 0.2) is 11.5 Å². The summed E-state index contributed by atoms with van der Waals surface area (Å²) >= 11 is 0. The van der Waals surface area contributed by atoms with Gasteiger partial charge in [0.05, 0.1) is 18.7 Å². The third-order valence-electron chi connectivity index (χ3n) is 3.38. The molecular weight excluding hydrogens is 244 g/mol. The van der Waals surface area contributed by atoms with Crippen molar-refractivity contribution < 1.29 is 14.6 Å². The van der Waals surface area contributed by atoms with Gasteiger partial charge < -0.3 is 20.1 Å². The largest absolute Gasteiger partial charge is 0.504 e. The van der Waals surface area contributed by atoms with Crippen LogP contribution in [-0.2, 0) is 0 Å². The summed E-state index contributed by atoms with van der Waals surface area (Å²) in [6.07, 6.45) is 0.896. The fourth-order valence-electron chi connectivity index (χ4n) is 2.20. The minimum atomic E-state index is -0.134. The first-order valence-corrected chi connectivity index (χ1v) is 6.56. The van der Waals surface area contributed by atoms with Gasteiger partial charge in [-0.05, 0) is 18.6 Å². The molecular formula is C14H20N2O3. The van der Waals surface area contributed by atoms with E-state index >= 15 is 0 Å². The van der Waals surface area contributed by atoms with Gasteiger partial charge in [0, 0.05) is 19.6 Å². The number of hydrogen-bond donors (Lipinski definition) is 2. The summed E-state index contributed by atoms with van der Waals surface area (Å²) in [6, 6.07) is 5.21. The Kier molecular flexibility index (Phi) is 4.27. The van der Waals surface area contributed by atoms with Gasteiger partial charge in [0.25, 0.3) is 5.91 Å². The Bertz CT molecular complexity index is 458. The summed E-state index contributed by atoms with van der Waals surface area (Å²) < 4.78 is 5.04. The second kappa shape index (κ2) is 5.93. The number of rotatable bonds is 5. The lowest BCUT2D eigenvalue weighted by Gasteiger charge is -2.38. The fourth-order valence-corrected chi connectivity index (χ4v) is 2.20. The lowest BCUT2D eigenvalue weighted by molar-refractivity contribution is 0.0612.